The van der Waals surface area contributed by atoms with Crippen LogP contribution in [0.25, 0.3) is 11.0 Å². The number of para-hydroxylation sites is 2. The van der Waals surface area contributed by atoms with Gasteiger partial charge in [0.2, 0.25) is 11.8 Å². The fourth-order valence-electron chi connectivity index (χ4n) is 3.17. The number of methoxy groups -OCH3 is 1. The number of ether oxygens (including phenoxy) is 2. The number of thioether (sulfide) groups is 1. The van der Waals surface area contributed by atoms with Gasteiger partial charge in [0.25, 0.3) is 5.91 Å². The Kier molecular flexibility index (Phi) is 7.54. The van der Waals surface area contributed by atoms with Gasteiger partial charge in [0, 0.05) is 13.7 Å². The van der Waals surface area contributed by atoms with Crippen LogP contribution < -0.4 is 11.1 Å². The molecule has 11 heteroatoms. The van der Waals surface area contributed by atoms with Crippen molar-refractivity contribution in [2.75, 3.05) is 31.4 Å². The number of amides is 2. The molecule has 3 N–H and O–H groups in total. The zero-order chi connectivity index (χ0) is 23.3. The maximum Gasteiger partial charge on any atom is 0.342 e. The van der Waals surface area contributed by atoms with Crippen molar-refractivity contribution >= 4 is 46.5 Å². The highest BCUT2D eigenvalue weighted by atomic mass is 32.2. The van der Waals surface area contributed by atoms with Crippen LogP contribution in [-0.2, 0) is 20.8 Å². The van der Waals surface area contributed by atoms with E-state index in [2.05, 4.69) is 10.3 Å². The average molecular weight is 461 g/mol. The molecule has 0 saturated carbocycles. The van der Waals surface area contributed by atoms with E-state index in [1.54, 1.807) is 14.0 Å². The SMILES string of the molecule is CCOC(=O)c1c(C)oc(NC(=O)CSc2nc3ccccc3n2CCOC)c1C(N)=O. The van der Waals surface area contributed by atoms with Crippen molar-refractivity contribution in [2.45, 2.75) is 25.5 Å². The number of esters is 1. The minimum atomic E-state index is -0.908. The minimum absolute atomic E-state index is 0.0109. The van der Waals surface area contributed by atoms with Crippen LogP contribution in [-0.4, -0.2) is 53.4 Å². The Balaban J connectivity index is 1.78. The summed E-state index contributed by atoms with van der Waals surface area (Å²) in [7, 11) is 1.62. The van der Waals surface area contributed by atoms with Gasteiger partial charge in [-0.1, -0.05) is 23.9 Å². The fourth-order valence-corrected chi connectivity index (χ4v) is 4.01. The number of primary amides is 1. The second-order valence-corrected chi connectivity index (χ2v) is 7.63. The Morgan fingerprint density at radius 2 is 2.00 bits per heavy atom. The normalized spacial score (nSPS) is 11.0. The number of furan rings is 1. The average Bonchev–Trinajstić information content (AvgIpc) is 3.27. The van der Waals surface area contributed by atoms with E-state index in [4.69, 9.17) is 19.6 Å². The molecule has 10 nitrogen and oxygen atoms in total. The second-order valence-electron chi connectivity index (χ2n) is 6.69. The van der Waals surface area contributed by atoms with Gasteiger partial charge in [0.15, 0.2) is 5.16 Å². The first kappa shape index (κ1) is 23.4. The van der Waals surface area contributed by atoms with Crippen LogP contribution in [0.3, 0.4) is 0 Å². The molecule has 0 fully saturated rings. The van der Waals surface area contributed by atoms with Crippen molar-refractivity contribution in [1.82, 2.24) is 9.55 Å². The molecule has 1 aromatic carbocycles. The fraction of sp³-hybridized carbons (Fsp3) is 0.333. The maximum absolute atomic E-state index is 12.6. The molecule has 0 aliphatic rings. The summed E-state index contributed by atoms with van der Waals surface area (Å²) in [6.45, 7) is 4.31. The molecule has 2 heterocycles. The number of hydrogen-bond donors (Lipinski definition) is 2. The summed E-state index contributed by atoms with van der Waals surface area (Å²) in [6.07, 6.45) is 0. The van der Waals surface area contributed by atoms with Crippen molar-refractivity contribution in [3.63, 3.8) is 0 Å². The van der Waals surface area contributed by atoms with Crippen LogP contribution in [0.4, 0.5) is 5.88 Å². The Bertz CT molecular complexity index is 1150. The van der Waals surface area contributed by atoms with Gasteiger partial charge in [-0.25, -0.2) is 9.78 Å². The highest BCUT2D eigenvalue weighted by molar-refractivity contribution is 7.99. The number of fused-ring (bicyclic) bond motifs is 1. The highest BCUT2D eigenvalue weighted by Crippen LogP contribution is 2.29. The number of imidazole rings is 1. The van der Waals surface area contributed by atoms with Gasteiger partial charge in [0.05, 0.1) is 30.0 Å². The summed E-state index contributed by atoms with van der Waals surface area (Å²) in [5.74, 6) is -2.17. The van der Waals surface area contributed by atoms with Gasteiger partial charge in [-0.3, -0.25) is 14.9 Å². The number of carbonyl (C=O) groups excluding carboxylic acids is 3. The van der Waals surface area contributed by atoms with Crippen LogP contribution in [0.2, 0.25) is 0 Å². The maximum atomic E-state index is 12.6. The number of anilines is 1. The van der Waals surface area contributed by atoms with Gasteiger partial charge in [-0.15, -0.1) is 0 Å². The molecular weight excluding hydrogens is 436 g/mol. The first-order valence-electron chi connectivity index (χ1n) is 9.84. The van der Waals surface area contributed by atoms with Crippen LogP contribution >= 0.6 is 11.8 Å². The lowest BCUT2D eigenvalue weighted by Gasteiger charge is -2.08. The summed E-state index contributed by atoms with van der Waals surface area (Å²) in [6, 6.07) is 7.65. The Hall–Kier alpha value is -3.31. The van der Waals surface area contributed by atoms with Gasteiger partial charge in [0.1, 0.15) is 16.9 Å². The highest BCUT2D eigenvalue weighted by Gasteiger charge is 2.29. The predicted molar refractivity (Wildman–Crippen MR) is 119 cm³/mol. The molecule has 0 aliphatic heterocycles. The predicted octanol–water partition coefficient (Wildman–Crippen LogP) is 2.59. The molecule has 0 atom stereocenters. The van der Waals surface area contributed by atoms with E-state index in [1.807, 2.05) is 28.8 Å². The lowest BCUT2D eigenvalue weighted by molar-refractivity contribution is -0.113. The summed E-state index contributed by atoms with van der Waals surface area (Å²) in [4.78, 5) is 41.3. The van der Waals surface area contributed by atoms with E-state index in [-0.39, 0.29) is 35.1 Å². The van der Waals surface area contributed by atoms with Gasteiger partial charge >= 0.3 is 5.97 Å². The zero-order valence-corrected chi connectivity index (χ0v) is 18.8. The monoisotopic (exact) mass is 460 g/mol. The second kappa shape index (κ2) is 10.3. The third-order valence-electron chi connectivity index (χ3n) is 4.53. The molecule has 2 aromatic heterocycles. The number of aryl methyl sites for hydroxylation is 1. The quantitative estimate of drug-likeness (QED) is 0.348. The Labute approximate surface area is 188 Å². The largest absolute Gasteiger partial charge is 0.462 e. The molecule has 0 bridgehead atoms. The molecule has 2 amide bonds. The first-order chi connectivity index (χ1) is 15.4. The van der Waals surface area contributed by atoms with Gasteiger partial charge in [-0.2, -0.15) is 0 Å². The van der Waals surface area contributed by atoms with Crippen molar-refractivity contribution < 1.29 is 28.3 Å². The van der Waals surface area contributed by atoms with E-state index < -0.39 is 17.8 Å². The molecule has 0 aliphatic carbocycles. The summed E-state index contributed by atoms with van der Waals surface area (Å²) in [5.41, 5.74) is 6.86. The summed E-state index contributed by atoms with van der Waals surface area (Å²) < 4.78 is 17.5. The van der Waals surface area contributed by atoms with Crippen molar-refractivity contribution in [3.05, 3.63) is 41.2 Å². The molecule has 170 valence electrons. The van der Waals surface area contributed by atoms with E-state index in [0.717, 1.165) is 11.0 Å². The molecular formula is C21H24N4O6S. The lowest BCUT2D eigenvalue weighted by atomic mass is 10.1. The third kappa shape index (κ3) is 4.94. The van der Waals surface area contributed by atoms with Gasteiger partial charge < -0.3 is 24.2 Å². The topological polar surface area (TPSA) is 139 Å². The number of rotatable bonds is 10. The number of nitrogens with zero attached hydrogens (tertiary/aromatic N) is 2. The smallest absolute Gasteiger partial charge is 0.342 e. The van der Waals surface area contributed by atoms with E-state index >= 15 is 0 Å². The zero-order valence-electron chi connectivity index (χ0n) is 18.0. The summed E-state index contributed by atoms with van der Waals surface area (Å²) >= 11 is 1.23. The van der Waals surface area contributed by atoms with Crippen LogP contribution in [0.1, 0.15) is 33.4 Å². The number of nitrogens with two attached hydrogens (primary N) is 1. The molecule has 0 spiro atoms. The van der Waals surface area contributed by atoms with Crippen LogP contribution in [0.15, 0.2) is 33.8 Å². The number of nitrogens with one attached hydrogen (secondary N) is 1. The third-order valence-corrected chi connectivity index (χ3v) is 5.51. The molecule has 0 radical (unpaired) electrons. The van der Waals surface area contributed by atoms with Gasteiger partial charge in [-0.05, 0) is 26.0 Å². The van der Waals surface area contributed by atoms with E-state index in [0.29, 0.717) is 18.3 Å². The lowest BCUT2D eigenvalue weighted by Crippen LogP contribution is -2.21. The molecule has 0 saturated heterocycles. The standard InChI is InChI=1S/C21H24N4O6S/c1-4-30-20(28)16-12(2)31-19(17(16)18(22)27)24-15(26)11-32-21-23-13-7-5-6-8-14(13)25(21)9-10-29-3/h5-8H,4,9-11H2,1-3H3,(H2,22,27)(H,24,26). The van der Waals surface area contributed by atoms with Crippen LogP contribution in [0, 0.1) is 6.92 Å². The Morgan fingerprint density at radius 1 is 1.25 bits per heavy atom. The molecule has 32 heavy (non-hydrogen) atoms. The van der Waals surface area contributed by atoms with Crippen molar-refractivity contribution in [1.29, 1.82) is 0 Å². The van der Waals surface area contributed by atoms with E-state index in [9.17, 15) is 14.4 Å². The van der Waals surface area contributed by atoms with Crippen molar-refractivity contribution in [3.8, 4) is 0 Å². The number of benzene rings is 1. The van der Waals surface area contributed by atoms with Crippen molar-refractivity contribution in [2.24, 2.45) is 5.73 Å². The molecule has 3 aromatic rings. The van der Waals surface area contributed by atoms with E-state index in [1.165, 1.54) is 18.7 Å². The number of carbonyl (C=O) groups is 3. The Morgan fingerprint density at radius 3 is 2.69 bits per heavy atom. The summed E-state index contributed by atoms with van der Waals surface area (Å²) in [5, 5.41) is 3.17. The molecule has 3 rings (SSSR count). The minimum Gasteiger partial charge on any atom is -0.462 e. The number of hydrogen-bond acceptors (Lipinski definition) is 8. The number of aromatic nitrogens is 2. The van der Waals surface area contributed by atoms with Crippen LogP contribution in [0.5, 0.6) is 0 Å². The first-order valence-corrected chi connectivity index (χ1v) is 10.8. The molecule has 0 unspecified atom stereocenters.